The fourth-order valence-corrected chi connectivity index (χ4v) is 1.84. The summed E-state index contributed by atoms with van der Waals surface area (Å²) in [6.45, 7) is 3.85. The van der Waals surface area contributed by atoms with Crippen molar-refractivity contribution in [1.82, 2.24) is 5.32 Å². The molecular weight excluding hydrogens is 289 g/mol. The van der Waals surface area contributed by atoms with Crippen molar-refractivity contribution in [3.8, 4) is 0 Å². The SMILES string of the molecule is COC(=O)C(NC(C)C)c1ccc(F)c(Br)c1. The van der Waals surface area contributed by atoms with Gasteiger partial charge in [0, 0.05) is 6.04 Å². The van der Waals surface area contributed by atoms with Gasteiger partial charge < -0.3 is 4.74 Å². The summed E-state index contributed by atoms with van der Waals surface area (Å²) in [7, 11) is 1.33. The molecule has 0 amide bonds. The number of carbonyl (C=O) groups is 1. The molecule has 1 N–H and O–H groups in total. The van der Waals surface area contributed by atoms with E-state index < -0.39 is 12.0 Å². The van der Waals surface area contributed by atoms with Crippen LogP contribution in [0.3, 0.4) is 0 Å². The third-order valence-electron chi connectivity index (χ3n) is 2.21. The Kier molecular flexibility index (Phi) is 5.08. The Bertz CT molecular complexity index is 409. The maximum Gasteiger partial charge on any atom is 0.327 e. The molecule has 0 aliphatic heterocycles. The van der Waals surface area contributed by atoms with Crippen molar-refractivity contribution in [2.24, 2.45) is 0 Å². The molecule has 0 aromatic heterocycles. The highest BCUT2D eigenvalue weighted by atomic mass is 79.9. The summed E-state index contributed by atoms with van der Waals surface area (Å²) in [5, 5.41) is 3.08. The van der Waals surface area contributed by atoms with Crippen LogP contribution in [0.4, 0.5) is 4.39 Å². The van der Waals surface area contributed by atoms with E-state index in [0.717, 1.165) is 0 Å². The second kappa shape index (κ2) is 6.12. The van der Waals surface area contributed by atoms with Gasteiger partial charge >= 0.3 is 5.97 Å². The van der Waals surface area contributed by atoms with E-state index in [1.807, 2.05) is 13.8 Å². The van der Waals surface area contributed by atoms with Crippen molar-refractivity contribution in [2.45, 2.75) is 25.9 Å². The first kappa shape index (κ1) is 14.1. The summed E-state index contributed by atoms with van der Waals surface area (Å²) in [6.07, 6.45) is 0. The Hall–Kier alpha value is -0.940. The molecule has 1 aromatic rings. The predicted octanol–water partition coefficient (Wildman–Crippen LogP) is 2.80. The summed E-state index contributed by atoms with van der Waals surface area (Å²) in [4.78, 5) is 11.7. The molecule has 0 saturated carbocycles. The highest BCUT2D eigenvalue weighted by Crippen LogP contribution is 2.22. The molecule has 1 rings (SSSR count). The first-order valence-electron chi connectivity index (χ1n) is 5.24. The minimum Gasteiger partial charge on any atom is -0.468 e. The van der Waals surface area contributed by atoms with Gasteiger partial charge in [-0.3, -0.25) is 5.32 Å². The first-order valence-corrected chi connectivity index (χ1v) is 6.03. The molecular formula is C12H15BrFNO2. The highest BCUT2D eigenvalue weighted by Gasteiger charge is 2.22. The molecule has 1 atom stereocenters. The van der Waals surface area contributed by atoms with Crippen LogP contribution in [0.1, 0.15) is 25.5 Å². The van der Waals surface area contributed by atoms with Crippen LogP contribution in [-0.2, 0) is 9.53 Å². The first-order chi connectivity index (χ1) is 7.95. The predicted molar refractivity (Wildman–Crippen MR) is 67.1 cm³/mol. The summed E-state index contributed by atoms with van der Waals surface area (Å²) in [5.41, 5.74) is 0.666. The Morgan fingerprint density at radius 3 is 2.59 bits per heavy atom. The summed E-state index contributed by atoms with van der Waals surface area (Å²) in [5.74, 6) is -0.751. The molecule has 1 aromatic carbocycles. The Balaban J connectivity index is 3.03. The van der Waals surface area contributed by atoms with Crippen molar-refractivity contribution in [3.63, 3.8) is 0 Å². The molecule has 17 heavy (non-hydrogen) atoms. The molecule has 0 saturated heterocycles. The summed E-state index contributed by atoms with van der Waals surface area (Å²) >= 11 is 3.10. The van der Waals surface area contributed by atoms with Crippen LogP contribution in [0.5, 0.6) is 0 Å². The number of hydrogen-bond donors (Lipinski definition) is 1. The molecule has 1 unspecified atom stereocenters. The number of esters is 1. The zero-order valence-corrected chi connectivity index (χ0v) is 11.5. The number of benzene rings is 1. The normalized spacial score (nSPS) is 12.6. The van der Waals surface area contributed by atoms with Crippen LogP contribution in [0, 0.1) is 5.82 Å². The molecule has 94 valence electrons. The maximum absolute atomic E-state index is 13.1. The molecule has 0 spiro atoms. The fourth-order valence-electron chi connectivity index (χ4n) is 1.44. The fraction of sp³-hybridized carbons (Fsp3) is 0.417. The number of halogens is 2. The lowest BCUT2D eigenvalue weighted by Gasteiger charge is -2.19. The van der Waals surface area contributed by atoms with Crippen molar-refractivity contribution >= 4 is 21.9 Å². The van der Waals surface area contributed by atoms with Gasteiger partial charge in [0.1, 0.15) is 11.9 Å². The Morgan fingerprint density at radius 2 is 2.12 bits per heavy atom. The average molecular weight is 304 g/mol. The van der Waals surface area contributed by atoms with Crippen molar-refractivity contribution < 1.29 is 13.9 Å². The molecule has 5 heteroatoms. The standard InChI is InChI=1S/C12H15BrFNO2/c1-7(2)15-11(12(16)17-3)8-4-5-10(14)9(13)6-8/h4-7,11,15H,1-3H3. The number of nitrogens with one attached hydrogen (secondary N) is 1. The van der Waals surface area contributed by atoms with Gasteiger partial charge in [-0.2, -0.15) is 0 Å². The third kappa shape index (κ3) is 3.78. The van der Waals surface area contributed by atoms with E-state index in [4.69, 9.17) is 4.74 Å². The number of methoxy groups -OCH3 is 1. The zero-order valence-electron chi connectivity index (χ0n) is 9.96. The van der Waals surface area contributed by atoms with Crippen LogP contribution in [0.25, 0.3) is 0 Å². The lowest BCUT2D eigenvalue weighted by Crippen LogP contribution is -2.34. The van der Waals surface area contributed by atoms with Gasteiger partial charge in [0.25, 0.3) is 0 Å². The maximum atomic E-state index is 13.1. The lowest BCUT2D eigenvalue weighted by molar-refractivity contribution is -0.143. The second-order valence-corrected chi connectivity index (χ2v) is 4.81. The van der Waals surface area contributed by atoms with Crippen molar-refractivity contribution in [1.29, 1.82) is 0 Å². The van der Waals surface area contributed by atoms with Gasteiger partial charge in [0.15, 0.2) is 0 Å². The molecule has 0 radical (unpaired) electrons. The number of ether oxygens (including phenoxy) is 1. The van der Waals surface area contributed by atoms with Crippen LogP contribution in [-0.4, -0.2) is 19.1 Å². The largest absolute Gasteiger partial charge is 0.468 e. The topological polar surface area (TPSA) is 38.3 Å². The quantitative estimate of drug-likeness (QED) is 0.869. The average Bonchev–Trinajstić information content (AvgIpc) is 2.28. The van der Waals surface area contributed by atoms with E-state index in [9.17, 15) is 9.18 Å². The lowest BCUT2D eigenvalue weighted by atomic mass is 10.1. The summed E-state index contributed by atoms with van der Waals surface area (Å²) in [6, 6.07) is 3.99. The van der Waals surface area contributed by atoms with Gasteiger partial charge in [-0.05, 0) is 47.5 Å². The molecule has 0 bridgehead atoms. The number of carbonyl (C=O) groups excluding carboxylic acids is 1. The van der Waals surface area contributed by atoms with E-state index >= 15 is 0 Å². The summed E-state index contributed by atoms with van der Waals surface area (Å²) < 4.78 is 18.2. The molecule has 3 nitrogen and oxygen atoms in total. The second-order valence-electron chi connectivity index (χ2n) is 3.95. The number of rotatable bonds is 4. The Morgan fingerprint density at radius 1 is 1.47 bits per heavy atom. The number of hydrogen-bond acceptors (Lipinski definition) is 3. The minimum atomic E-state index is -0.586. The van der Waals surface area contributed by atoms with Gasteiger partial charge in [0.2, 0.25) is 0 Å². The van der Waals surface area contributed by atoms with E-state index in [1.165, 1.54) is 13.2 Å². The molecule has 0 aliphatic carbocycles. The van der Waals surface area contributed by atoms with Crippen LogP contribution >= 0.6 is 15.9 Å². The van der Waals surface area contributed by atoms with Crippen molar-refractivity contribution in [3.05, 3.63) is 34.1 Å². The van der Waals surface area contributed by atoms with Crippen LogP contribution in [0.2, 0.25) is 0 Å². The van der Waals surface area contributed by atoms with Gasteiger partial charge in [-0.25, -0.2) is 9.18 Å². The van der Waals surface area contributed by atoms with E-state index in [0.29, 0.717) is 10.0 Å². The monoisotopic (exact) mass is 303 g/mol. The molecule has 0 heterocycles. The minimum absolute atomic E-state index is 0.114. The van der Waals surface area contributed by atoms with Gasteiger partial charge in [-0.1, -0.05) is 6.07 Å². The smallest absolute Gasteiger partial charge is 0.327 e. The van der Waals surface area contributed by atoms with Gasteiger partial charge in [0.05, 0.1) is 11.6 Å². The third-order valence-corrected chi connectivity index (χ3v) is 2.82. The van der Waals surface area contributed by atoms with Gasteiger partial charge in [-0.15, -0.1) is 0 Å². The molecule has 0 aliphatic rings. The van der Waals surface area contributed by atoms with E-state index in [2.05, 4.69) is 21.2 Å². The molecule has 0 fully saturated rings. The van der Waals surface area contributed by atoms with Crippen molar-refractivity contribution in [2.75, 3.05) is 7.11 Å². The highest BCUT2D eigenvalue weighted by molar-refractivity contribution is 9.10. The van der Waals surface area contributed by atoms with Crippen LogP contribution in [0.15, 0.2) is 22.7 Å². The van der Waals surface area contributed by atoms with E-state index in [-0.39, 0.29) is 11.9 Å². The van der Waals surface area contributed by atoms with E-state index in [1.54, 1.807) is 12.1 Å². The zero-order chi connectivity index (χ0) is 13.0. The van der Waals surface area contributed by atoms with Crippen LogP contribution < -0.4 is 5.32 Å². The Labute approximate surface area is 108 Å².